The lowest BCUT2D eigenvalue weighted by molar-refractivity contribution is -0.137. The van der Waals surface area contributed by atoms with Crippen LogP contribution in [-0.4, -0.2) is 14.8 Å². The molecule has 0 spiro atoms. The Morgan fingerprint density at radius 1 is 1.38 bits per heavy atom. The van der Waals surface area contributed by atoms with E-state index >= 15 is 0 Å². The molecule has 0 bridgehead atoms. The highest BCUT2D eigenvalue weighted by molar-refractivity contribution is 7.80. The summed E-state index contributed by atoms with van der Waals surface area (Å²) in [5, 5.41) is 4.10. The van der Waals surface area contributed by atoms with Gasteiger partial charge >= 0.3 is 6.18 Å². The number of thiocarbonyl (C=S) groups is 1. The van der Waals surface area contributed by atoms with Gasteiger partial charge in [0, 0.05) is 7.05 Å². The zero-order valence-electron chi connectivity index (χ0n) is 11.2. The summed E-state index contributed by atoms with van der Waals surface area (Å²) in [6, 6.07) is 4.56. The van der Waals surface area contributed by atoms with Crippen LogP contribution in [0, 0.1) is 6.92 Å². The Bertz CT molecular complexity index is 694. The van der Waals surface area contributed by atoms with E-state index in [4.69, 9.17) is 22.7 Å². The van der Waals surface area contributed by atoms with Gasteiger partial charge in [-0.1, -0.05) is 18.3 Å². The zero-order chi connectivity index (χ0) is 15.8. The quantitative estimate of drug-likeness (QED) is 0.884. The van der Waals surface area contributed by atoms with Gasteiger partial charge in [-0.15, -0.1) is 0 Å². The van der Waals surface area contributed by atoms with Gasteiger partial charge in [0.1, 0.15) is 10.7 Å². The van der Waals surface area contributed by atoms with Crippen LogP contribution in [0.2, 0.25) is 0 Å². The molecule has 1 heterocycles. The van der Waals surface area contributed by atoms with Crippen molar-refractivity contribution in [1.82, 2.24) is 9.78 Å². The zero-order valence-corrected chi connectivity index (χ0v) is 12.0. The lowest BCUT2D eigenvalue weighted by atomic mass is 10.2. The number of benzene rings is 1. The number of hydrogen-bond acceptors (Lipinski definition) is 3. The van der Waals surface area contributed by atoms with Crippen LogP contribution in [0.5, 0.6) is 11.6 Å². The van der Waals surface area contributed by atoms with Gasteiger partial charge < -0.3 is 10.5 Å². The maximum Gasteiger partial charge on any atom is 0.416 e. The largest absolute Gasteiger partial charge is 0.439 e. The highest BCUT2D eigenvalue weighted by atomic mass is 32.1. The number of nitrogens with zero attached hydrogens (tertiary/aromatic N) is 2. The van der Waals surface area contributed by atoms with Gasteiger partial charge in [-0.2, -0.15) is 18.3 Å². The fourth-order valence-corrected chi connectivity index (χ4v) is 2.12. The van der Waals surface area contributed by atoms with E-state index in [1.807, 2.05) is 0 Å². The molecule has 0 atom stereocenters. The summed E-state index contributed by atoms with van der Waals surface area (Å²) >= 11 is 4.92. The summed E-state index contributed by atoms with van der Waals surface area (Å²) in [6.07, 6.45) is -4.44. The predicted octanol–water partition coefficient (Wildman–Crippen LogP) is 3.17. The molecule has 0 saturated carbocycles. The standard InChI is InChI=1S/C13H12F3N3OS/c1-7-10(11(17)21)12(19(2)18-7)20-9-5-3-4-8(6-9)13(14,15)16/h3-6H,1-2H3,(H2,17,21). The van der Waals surface area contributed by atoms with Crippen molar-refractivity contribution in [2.75, 3.05) is 0 Å². The second-order valence-electron chi connectivity index (χ2n) is 4.38. The second-order valence-corrected chi connectivity index (χ2v) is 4.82. The predicted molar refractivity (Wildman–Crippen MR) is 75.4 cm³/mol. The van der Waals surface area contributed by atoms with Crippen LogP contribution in [0.15, 0.2) is 24.3 Å². The number of ether oxygens (including phenoxy) is 1. The summed E-state index contributed by atoms with van der Waals surface area (Å²) in [5.74, 6) is 0.240. The van der Waals surface area contributed by atoms with Crippen molar-refractivity contribution in [3.63, 3.8) is 0 Å². The van der Waals surface area contributed by atoms with Crippen LogP contribution < -0.4 is 10.5 Å². The molecular formula is C13H12F3N3OS. The summed E-state index contributed by atoms with van der Waals surface area (Å²) in [6.45, 7) is 1.69. The molecule has 0 aliphatic heterocycles. The van der Waals surface area contributed by atoms with Crippen LogP contribution in [0.25, 0.3) is 0 Å². The van der Waals surface area contributed by atoms with Gasteiger partial charge in [0.05, 0.1) is 16.8 Å². The molecule has 0 fully saturated rings. The smallest absolute Gasteiger partial charge is 0.416 e. The molecule has 21 heavy (non-hydrogen) atoms. The maximum atomic E-state index is 12.7. The van der Waals surface area contributed by atoms with Crippen molar-refractivity contribution in [3.05, 3.63) is 41.1 Å². The Balaban J connectivity index is 2.42. The van der Waals surface area contributed by atoms with Crippen molar-refractivity contribution in [3.8, 4) is 11.6 Å². The summed E-state index contributed by atoms with van der Waals surface area (Å²) in [7, 11) is 1.59. The fourth-order valence-electron chi connectivity index (χ4n) is 1.89. The molecule has 0 saturated heterocycles. The van der Waals surface area contributed by atoms with E-state index in [0.717, 1.165) is 12.1 Å². The lowest BCUT2D eigenvalue weighted by Crippen LogP contribution is -2.11. The van der Waals surface area contributed by atoms with Crippen molar-refractivity contribution >= 4 is 17.2 Å². The van der Waals surface area contributed by atoms with E-state index in [1.54, 1.807) is 14.0 Å². The minimum atomic E-state index is -4.44. The molecule has 112 valence electrons. The van der Waals surface area contributed by atoms with Gasteiger partial charge in [-0.3, -0.25) is 0 Å². The number of halogens is 3. The summed E-state index contributed by atoms with van der Waals surface area (Å²) in [5.41, 5.74) is 5.76. The van der Waals surface area contributed by atoms with Crippen LogP contribution in [-0.2, 0) is 13.2 Å². The third kappa shape index (κ3) is 3.15. The first-order valence-corrected chi connectivity index (χ1v) is 6.29. The topological polar surface area (TPSA) is 53.1 Å². The van der Waals surface area contributed by atoms with Crippen LogP contribution in [0.1, 0.15) is 16.8 Å². The molecule has 8 heteroatoms. The van der Waals surface area contributed by atoms with Gasteiger partial charge in [-0.25, -0.2) is 4.68 Å². The molecule has 2 aromatic rings. The first-order valence-electron chi connectivity index (χ1n) is 5.88. The van der Waals surface area contributed by atoms with Gasteiger partial charge in [-0.05, 0) is 25.1 Å². The highest BCUT2D eigenvalue weighted by Crippen LogP contribution is 2.33. The minimum Gasteiger partial charge on any atom is -0.439 e. The highest BCUT2D eigenvalue weighted by Gasteiger charge is 2.30. The Hall–Kier alpha value is -2.09. The van der Waals surface area contributed by atoms with Crippen molar-refractivity contribution < 1.29 is 17.9 Å². The molecule has 2 N–H and O–H groups in total. The summed E-state index contributed by atoms with van der Waals surface area (Å²) < 4.78 is 44.9. The molecule has 0 aliphatic rings. The van der Waals surface area contributed by atoms with Gasteiger partial charge in [0.25, 0.3) is 0 Å². The average molecular weight is 315 g/mol. The number of aryl methyl sites for hydroxylation is 2. The fraction of sp³-hybridized carbons (Fsp3) is 0.231. The third-order valence-electron chi connectivity index (χ3n) is 2.79. The molecule has 0 radical (unpaired) electrons. The second kappa shape index (κ2) is 5.36. The van der Waals surface area contributed by atoms with Crippen molar-refractivity contribution in [2.24, 2.45) is 12.8 Å². The van der Waals surface area contributed by atoms with Crippen LogP contribution >= 0.6 is 12.2 Å². The Morgan fingerprint density at radius 2 is 2.05 bits per heavy atom. The molecular weight excluding hydrogens is 303 g/mol. The monoisotopic (exact) mass is 315 g/mol. The van der Waals surface area contributed by atoms with Crippen LogP contribution in [0.4, 0.5) is 13.2 Å². The van der Waals surface area contributed by atoms with E-state index in [1.165, 1.54) is 16.8 Å². The number of alkyl halides is 3. The molecule has 4 nitrogen and oxygen atoms in total. The van der Waals surface area contributed by atoms with Gasteiger partial charge in [0.15, 0.2) is 0 Å². The van der Waals surface area contributed by atoms with E-state index in [2.05, 4.69) is 5.10 Å². The molecule has 0 aliphatic carbocycles. The number of aromatic nitrogens is 2. The first-order chi connectivity index (χ1) is 9.70. The van der Waals surface area contributed by atoms with Crippen molar-refractivity contribution in [2.45, 2.75) is 13.1 Å². The number of nitrogens with two attached hydrogens (primary N) is 1. The van der Waals surface area contributed by atoms with E-state index in [0.29, 0.717) is 11.3 Å². The average Bonchev–Trinajstić information content (AvgIpc) is 2.63. The van der Waals surface area contributed by atoms with Crippen molar-refractivity contribution in [1.29, 1.82) is 0 Å². The van der Waals surface area contributed by atoms with E-state index in [-0.39, 0.29) is 16.6 Å². The molecule has 2 rings (SSSR count). The van der Waals surface area contributed by atoms with E-state index < -0.39 is 11.7 Å². The SMILES string of the molecule is Cc1nn(C)c(Oc2cccc(C(F)(F)F)c2)c1C(N)=S. The number of rotatable bonds is 3. The van der Waals surface area contributed by atoms with E-state index in [9.17, 15) is 13.2 Å². The van der Waals surface area contributed by atoms with Crippen LogP contribution in [0.3, 0.4) is 0 Å². The molecule has 0 amide bonds. The lowest BCUT2D eigenvalue weighted by Gasteiger charge is -2.11. The Morgan fingerprint density at radius 3 is 2.62 bits per heavy atom. The Kier molecular flexibility index (Phi) is 3.91. The van der Waals surface area contributed by atoms with Gasteiger partial charge in [0.2, 0.25) is 5.88 Å². The maximum absolute atomic E-state index is 12.7. The molecule has 1 aromatic carbocycles. The molecule has 0 unspecified atom stereocenters. The first kappa shape index (κ1) is 15.3. The minimum absolute atomic E-state index is 0.0327. The molecule has 1 aromatic heterocycles. The summed E-state index contributed by atoms with van der Waals surface area (Å²) in [4.78, 5) is 0.0718. The Labute approximate surface area is 124 Å². The normalized spacial score (nSPS) is 11.5. The third-order valence-corrected chi connectivity index (χ3v) is 3.00. The number of hydrogen-bond donors (Lipinski definition) is 1.